The molecule has 0 aliphatic carbocycles. The number of hydrogen-bond donors (Lipinski definition) is 1. The molecule has 4 heteroatoms. The summed E-state index contributed by atoms with van der Waals surface area (Å²) >= 11 is 1.60. The van der Waals surface area contributed by atoms with Gasteiger partial charge in [-0.2, -0.15) is 0 Å². The summed E-state index contributed by atoms with van der Waals surface area (Å²) in [5, 5.41) is 4.89. The van der Waals surface area contributed by atoms with Crippen molar-refractivity contribution < 1.29 is 9.53 Å². The molecule has 1 aliphatic rings. The third-order valence-electron chi connectivity index (χ3n) is 2.87. The topological polar surface area (TPSA) is 38.3 Å². The van der Waals surface area contributed by atoms with E-state index in [0.29, 0.717) is 0 Å². The molecule has 1 aromatic heterocycles. The molecule has 1 saturated heterocycles. The second-order valence-electron chi connectivity index (χ2n) is 4.26. The van der Waals surface area contributed by atoms with E-state index in [-0.39, 0.29) is 18.1 Å². The van der Waals surface area contributed by atoms with Crippen LogP contribution in [0.3, 0.4) is 0 Å². The first-order valence-electron chi connectivity index (χ1n) is 5.64. The SMILES string of the molecule is Cc1cc(C(=O)N[C@H](C)[C@H]2CCCO2)cs1. The Morgan fingerprint density at radius 3 is 3.06 bits per heavy atom. The largest absolute Gasteiger partial charge is 0.376 e. The predicted octanol–water partition coefficient (Wildman–Crippen LogP) is 2.35. The summed E-state index contributed by atoms with van der Waals surface area (Å²) in [7, 11) is 0. The maximum atomic E-state index is 11.9. The van der Waals surface area contributed by atoms with Gasteiger partial charge in [0.15, 0.2) is 0 Å². The van der Waals surface area contributed by atoms with Crippen LogP contribution in [-0.4, -0.2) is 24.7 Å². The van der Waals surface area contributed by atoms with E-state index >= 15 is 0 Å². The van der Waals surface area contributed by atoms with Crippen LogP contribution in [0.25, 0.3) is 0 Å². The van der Waals surface area contributed by atoms with Crippen molar-refractivity contribution in [2.45, 2.75) is 38.8 Å². The molecule has 0 spiro atoms. The number of ether oxygens (including phenoxy) is 1. The number of aryl methyl sites for hydroxylation is 1. The lowest BCUT2D eigenvalue weighted by Crippen LogP contribution is -2.40. The van der Waals surface area contributed by atoms with Crippen molar-refractivity contribution in [3.8, 4) is 0 Å². The minimum Gasteiger partial charge on any atom is -0.376 e. The van der Waals surface area contributed by atoms with Gasteiger partial charge in [-0.15, -0.1) is 11.3 Å². The minimum absolute atomic E-state index is 0.00681. The van der Waals surface area contributed by atoms with Crippen LogP contribution >= 0.6 is 11.3 Å². The lowest BCUT2D eigenvalue weighted by atomic mass is 10.1. The van der Waals surface area contributed by atoms with Gasteiger partial charge in [-0.05, 0) is 32.8 Å². The zero-order valence-electron chi connectivity index (χ0n) is 9.66. The summed E-state index contributed by atoms with van der Waals surface area (Å²) < 4.78 is 5.54. The third kappa shape index (κ3) is 2.62. The number of amides is 1. The average Bonchev–Trinajstić information content (AvgIpc) is 2.87. The highest BCUT2D eigenvalue weighted by molar-refractivity contribution is 7.10. The number of rotatable bonds is 3. The van der Waals surface area contributed by atoms with Gasteiger partial charge in [0.2, 0.25) is 0 Å². The zero-order chi connectivity index (χ0) is 11.5. The van der Waals surface area contributed by atoms with Gasteiger partial charge in [0.05, 0.1) is 17.7 Å². The molecule has 0 radical (unpaired) electrons. The highest BCUT2D eigenvalue weighted by Crippen LogP contribution is 2.17. The first kappa shape index (κ1) is 11.6. The van der Waals surface area contributed by atoms with Crippen LogP contribution in [0.4, 0.5) is 0 Å². The Bertz CT molecular complexity index is 369. The first-order valence-corrected chi connectivity index (χ1v) is 6.52. The van der Waals surface area contributed by atoms with Crippen LogP contribution in [0, 0.1) is 6.92 Å². The second kappa shape index (κ2) is 4.97. The van der Waals surface area contributed by atoms with E-state index in [1.165, 1.54) is 0 Å². The fourth-order valence-corrected chi connectivity index (χ4v) is 2.63. The predicted molar refractivity (Wildman–Crippen MR) is 65.0 cm³/mol. The van der Waals surface area contributed by atoms with Gasteiger partial charge in [-0.25, -0.2) is 0 Å². The molecular formula is C12H17NO2S. The normalized spacial score (nSPS) is 22.0. The Kier molecular flexibility index (Phi) is 3.61. The number of carbonyl (C=O) groups excluding carboxylic acids is 1. The molecule has 0 unspecified atom stereocenters. The summed E-state index contributed by atoms with van der Waals surface area (Å²) in [5.74, 6) is 0.00681. The van der Waals surface area contributed by atoms with Gasteiger partial charge in [0.1, 0.15) is 0 Å². The smallest absolute Gasteiger partial charge is 0.252 e. The van der Waals surface area contributed by atoms with Gasteiger partial charge >= 0.3 is 0 Å². The van der Waals surface area contributed by atoms with Crippen molar-refractivity contribution in [3.05, 3.63) is 21.9 Å². The Balaban J connectivity index is 1.91. The lowest BCUT2D eigenvalue weighted by molar-refractivity contribution is 0.0712. The quantitative estimate of drug-likeness (QED) is 0.879. The van der Waals surface area contributed by atoms with Crippen LogP contribution in [-0.2, 0) is 4.74 Å². The standard InChI is InChI=1S/C12H17NO2S/c1-8-6-10(7-16-8)12(14)13-9(2)11-4-3-5-15-11/h6-7,9,11H,3-5H2,1-2H3,(H,13,14)/t9-,11-/m1/s1. The lowest BCUT2D eigenvalue weighted by Gasteiger charge is -2.19. The van der Waals surface area contributed by atoms with E-state index < -0.39 is 0 Å². The Hall–Kier alpha value is -0.870. The molecule has 0 bridgehead atoms. The third-order valence-corrected chi connectivity index (χ3v) is 3.74. The fourth-order valence-electron chi connectivity index (χ4n) is 1.94. The maximum absolute atomic E-state index is 11.9. The van der Waals surface area contributed by atoms with Gasteiger partial charge in [-0.1, -0.05) is 0 Å². The molecular weight excluding hydrogens is 222 g/mol. The van der Waals surface area contributed by atoms with Crippen molar-refractivity contribution in [2.75, 3.05) is 6.61 Å². The Labute approximate surface area is 99.8 Å². The molecule has 88 valence electrons. The molecule has 2 atom stereocenters. The molecule has 16 heavy (non-hydrogen) atoms. The molecule has 3 nitrogen and oxygen atoms in total. The van der Waals surface area contributed by atoms with Gasteiger partial charge < -0.3 is 10.1 Å². The number of nitrogens with one attached hydrogen (secondary N) is 1. The van der Waals surface area contributed by atoms with Crippen molar-refractivity contribution in [2.24, 2.45) is 0 Å². The number of carbonyl (C=O) groups is 1. The van der Waals surface area contributed by atoms with Crippen molar-refractivity contribution >= 4 is 17.2 Å². The highest BCUT2D eigenvalue weighted by atomic mass is 32.1. The van der Waals surface area contributed by atoms with E-state index in [4.69, 9.17) is 4.74 Å². The Morgan fingerprint density at radius 2 is 2.50 bits per heavy atom. The average molecular weight is 239 g/mol. The first-order chi connectivity index (χ1) is 7.66. The van der Waals surface area contributed by atoms with E-state index in [1.54, 1.807) is 11.3 Å². The second-order valence-corrected chi connectivity index (χ2v) is 5.37. The maximum Gasteiger partial charge on any atom is 0.252 e. The van der Waals surface area contributed by atoms with E-state index in [2.05, 4.69) is 5.32 Å². The van der Waals surface area contributed by atoms with Crippen LogP contribution in [0.15, 0.2) is 11.4 Å². The Morgan fingerprint density at radius 1 is 1.69 bits per heavy atom. The molecule has 2 heterocycles. The molecule has 1 amide bonds. The summed E-state index contributed by atoms with van der Waals surface area (Å²) in [6.07, 6.45) is 2.33. The van der Waals surface area contributed by atoms with Crippen molar-refractivity contribution in [1.82, 2.24) is 5.32 Å². The van der Waals surface area contributed by atoms with Crippen LogP contribution < -0.4 is 5.32 Å². The van der Waals surface area contributed by atoms with Crippen molar-refractivity contribution in [1.29, 1.82) is 0 Å². The number of hydrogen-bond acceptors (Lipinski definition) is 3. The van der Waals surface area contributed by atoms with E-state index in [0.717, 1.165) is 29.9 Å². The molecule has 1 aromatic rings. The van der Waals surface area contributed by atoms with E-state index in [9.17, 15) is 4.79 Å². The molecule has 0 saturated carbocycles. The summed E-state index contributed by atoms with van der Waals surface area (Å²) in [5.41, 5.74) is 0.757. The van der Waals surface area contributed by atoms with Gasteiger partial charge in [-0.3, -0.25) is 4.79 Å². The zero-order valence-corrected chi connectivity index (χ0v) is 10.5. The van der Waals surface area contributed by atoms with Crippen molar-refractivity contribution in [3.63, 3.8) is 0 Å². The highest BCUT2D eigenvalue weighted by Gasteiger charge is 2.24. The van der Waals surface area contributed by atoms with Crippen LogP contribution in [0.2, 0.25) is 0 Å². The molecule has 2 rings (SSSR count). The molecule has 1 fully saturated rings. The molecule has 1 aliphatic heterocycles. The van der Waals surface area contributed by atoms with Gasteiger partial charge in [0, 0.05) is 16.9 Å². The fraction of sp³-hybridized carbons (Fsp3) is 0.583. The summed E-state index contributed by atoms with van der Waals surface area (Å²) in [6, 6.07) is 2.01. The van der Waals surface area contributed by atoms with Gasteiger partial charge in [0.25, 0.3) is 5.91 Å². The molecule has 1 N–H and O–H groups in total. The summed E-state index contributed by atoms with van der Waals surface area (Å²) in [4.78, 5) is 13.0. The van der Waals surface area contributed by atoms with Crippen LogP contribution in [0.1, 0.15) is 35.0 Å². The van der Waals surface area contributed by atoms with E-state index in [1.807, 2.05) is 25.3 Å². The monoisotopic (exact) mass is 239 g/mol. The molecule has 0 aromatic carbocycles. The number of thiophene rings is 1. The minimum atomic E-state index is 0.00681. The van der Waals surface area contributed by atoms with Crippen LogP contribution in [0.5, 0.6) is 0 Å². The summed E-state index contributed by atoms with van der Waals surface area (Å²) in [6.45, 7) is 4.83.